The summed E-state index contributed by atoms with van der Waals surface area (Å²) in [4.78, 5) is 12.4. The lowest BCUT2D eigenvalue weighted by Crippen LogP contribution is -2.15. The fourth-order valence-corrected chi connectivity index (χ4v) is 2.73. The molecule has 0 unspecified atom stereocenters. The molecule has 3 heteroatoms. The second kappa shape index (κ2) is 6.31. The monoisotopic (exact) mass is 302 g/mol. The summed E-state index contributed by atoms with van der Waals surface area (Å²) in [5.41, 5.74) is 4.85. The van der Waals surface area contributed by atoms with Crippen molar-refractivity contribution in [2.45, 2.75) is 27.7 Å². The van der Waals surface area contributed by atoms with Gasteiger partial charge in [-0.3, -0.25) is 4.79 Å². The fourth-order valence-electron chi connectivity index (χ4n) is 2.56. The summed E-state index contributed by atoms with van der Waals surface area (Å²) in [5.74, 6) is 0.641. The Labute approximate surface area is 130 Å². The minimum absolute atomic E-state index is 0.00984. The highest BCUT2D eigenvalue weighted by Crippen LogP contribution is 2.23. The average molecular weight is 303 g/mol. The SMILES string of the molecule is Cc1cc(C)c(C(=O)COc2cc(Cl)ccc2C)c(C)c1. The number of benzene rings is 2. The predicted octanol–water partition coefficient (Wildman–Crippen LogP) is 4.84. The summed E-state index contributed by atoms with van der Waals surface area (Å²) in [5, 5.41) is 0.603. The zero-order chi connectivity index (χ0) is 15.6. The molecule has 2 rings (SSSR count). The van der Waals surface area contributed by atoms with E-state index >= 15 is 0 Å². The molecule has 0 saturated carbocycles. The van der Waals surface area contributed by atoms with Crippen LogP contribution in [0.15, 0.2) is 30.3 Å². The van der Waals surface area contributed by atoms with E-state index in [-0.39, 0.29) is 12.4 Å². The third-order valence-corrected chi connectivity index (χ3v) is 3.70. The first-order valence-corrected chi connectivity index (χ1v) is 7.26. The summed E-state index contributed by atoms with van der Waals surface area (Å²) >= 11 is 5.95. The van der Waals surface area contributed by atoms with E-state index in [2.05, 4.69) is 0 Å². The molecule has 110 valence electrons. The molecule has 0 N–H and O–H groups in total. The third kappa shape index (κ3) is 3.64. The van der Waals surface area contributed by atoms with E-state index in [1.54, 1.807) is 12.1 Å². The summed E-state index contributed by atoms with van der Waals surface area (Å²) < 4.78 is 5.64. The van der Waals surface area contributed by atoms with Crippen LogP contribution in [0.5, 0.6) is 5.75 Å². The number of Topliss-reactive ketones (excluding diaryl/α,β-unsaturated/α-hetero) is 1. The Morgan fingerprint density at radius 3 is 2.24 bits per heavy atom. The van der Waals surface area contributed by atoms with E-state index in [0.29, 0.717) is 10.8 Å². The Morgan fingerprint density at radius 1 is 1.00 bits per heavy atom. The van der Waals surface area contributed by atoms with Gasteiger partial charge < -0.3 is 4.74 Å². The van der Waals surface area contributed by atoms with Crippen LogP contribution in [-0.4, -0.2) is 12.4 Å². The third-order valence-electron chi connectivity index (χ3n) is 3.46. The number of halogens is 1. The van der Waals surface area contributed by atoms with Crippen LogP contribution in [0.2, 0.25) is 5.02 Å². The molecule has 2 aromatic rings. The van der Waals surface area contributed by atoms with Gasteiger partial charge in [-0.2, -0.15) is 0 Å². The maximum atomic E-state index is 12.4. The number of carbonyl (C=O) groups is 1. The first kappa shape index (κ1) is 15.6. The second-order valence-electron chi connectivity index (χ2n) is 5.40. The van der Waals surface area contributed by atoms with E-state index in [9.17, 15) is 4.79 Å². The zero-order valence-electron chi connectivity index (χ0n) is 12.8. The lowest BCUT2D eigenvalue weighted by atomic mass is 9.97. The van der Waals surface area contributed by atoms with Crippen molar-refractivity contribution in [3.8, 4) is 5.75 Å². The van der Waals surface area contributed by atoms with Gasteiger partial charge in [0.15, 0.2) is 6.61 Å². The number of aryl methyl sites for hydroxylation is 4. The number of rotatable bonds is 4. The van der Waals surface area contributed by atoms with Crippen molar-refractivity contribution in [2.24, 2.45) is 0 Å². The molecule has 0 aromatic heterocycles. The summed E-state index contributed by atoms with van der Waals surface area (Å²) in [7, 11) is 0. The van der Waals surface area contributed by atoms with E-state index in [1.807, 2.05) is 45.9 Å². The van der Waals surface area contributed by atoms with Gasteiger partial charge in [-0.05, 0) is 56.5 Å². The largest absolute Gasteiger partial charge is 0.485 e. The molecule has 0 aliphatic heterocycles. The van der Waals surface area contributed by atoms with E-state index in [1.165, 1.54) is 0 Å². The lowest BCUT2D eigenvalue weighted by Gasteiger charge is -2.12. The van der Waals surface area contributed by atoms with Gasteiger partial charge in [0.25, 0.3) is 0 Å². The molecule has 0 spiro atoms. The van der Waals surface area contributed by atoms with Crippen LogP contribution in [0.25, 0.3) is 0 Å². The van der Waals surface area contributed by atoms with Crippen molar-refractivity contribution in [3.05, 3.63) is 63.2 Å². The van der Waals surface area contributed by atoms with Crippen LogP contribution >= 0.6 is 11.6 Å². The maximum Gasteiger partial charge on any atom is 0.200 e. The molecule has 0 aliphatic rings. The van der Waals surface area contributed by atoms with Crippen LogP contribution in [0.1, 0.15) is 32.6 Å². The molecule has 0 atom stereocenters. The number of ether oxygens (including phenoxy) is 1. The molecule has 0 aliphatic carbocycles. The van der Waals surface area contributed by atoms with E-state index in [0.717, 1.165) is 27.8 Å². The first-order chi connectivity index (χ1) is 9.88. The van der Waals surface area contributed by atoms with Gasteiger partial charge in [0.2, 0.25) is 5.78 Å². The van der Waals surface area contributed by atoms with Crippen molar-refractivity contribution in [2.75, 3.05) is 6.61 Å². The van der Waals surface area contributed by atoms with Gasteiger partial charge in [-0.1, -0.05) is 35.4 Å². The predicted molar refractivity (Wildman–Crippen MR) is 86.7 cm³/mol. The second-order valence-corrected chi connectivity index (χ2v) is 5.83. The molecule has 0 heterocycles. The van der Waals surface area contributed by atoms with Crippen LogP contribution < -0.4 is 4.74 Å². The van der Waals surface area contributed by atoms with Crippen LogP contribution in [0.3, 0.4) is 0 Å². The van der Waals surface area contributed by atoms with Gasteiger partial charge in [-0.15, -0.1) is 0 Å². The topological polar surface area (TPSA) is 26.3 Å². The molecule has 21 heavy (non-hydrogen) atoms. The quantitative estimate of drug-likeness (QED) is 0.756. The van der Waals surface area contributed by atoms with Gasteiger partial charge >= 0.3 is 0 Å². The van der Waals surface area contributed by atoms with Gasteiger partial charge in [-0.25, -0.2) is 0 Å². The number of hydrogen-bond donors (Lipinski definition) is 0. The van der Waals surface area contributed by atoms with Gasteiger partial charge in [0.1, 0.15) is 5.75 Å². The van der Waals surface area contributed by atoms with E-state index < -0.39 is 0 Å². The van der Waals surface area contributed by atoms with Crippen LogP contribution in [0, 0.1) is 27.7 Å². The molecule has 2 aromatic carbocycles. The average Bonchev–Trinajstić information content (AvgIpc) is 2.38. The summed E-state index contributed by atoms with van der Waals surface area (Å²) in [6, 6.07) is 9.46. The molecule has 0 bridgehead atoms. The first-order valence-electron chi connectivity index (χ1n) is 6.88. The Morgan fingerprint density at radius 2 is 1.62 bits per heavy atom. The standard InChI is InChI=1S/C18H19ClO2/c1-11-7-13(3)18(14(4)8-11)16(20)10-21-17-9-15(19)6-5-12(17)2/h5-9H,10H2,1-4H3. The molecule has 0 saturated heterocycles. The molecular formula is C18H19ClO2. The van der Waals surface area contributed by atoms with Crippen molar-refractivity contribution in [1.82, 2.24) is 0 Å². The lowest BCUT2D eigenvalue weighted by molar-refractivity contribution is 0.0920. The Hall–Kier alpha value is -1.80. The van der Waals surface area contributed by atoms with Crippen LogP contribution in [-0.2, 0) is 0 Å². The fraction of sp³-hybridized carbons (Fsp3) is 0.278. The maximum absolute atomic E-state index is 12.4. The molecular weight excluding hydrogens is 284 g/mol. The van der Waals surface area contributed by atoms with Crippen molar-refractivity contribution >= 4 is 17.4 Å². The van der Waals surface area contributed by atoms with Crippen molar-refractivity contribution in [1.29, 1.82) is 0 Å². The highest BCUT2D eigenvalue weighted by Gasteiger charge is 2.14. The minimum Gasteiger partial charge on any atom is -0.485 e. The number of hydrogen-bond acceptors (Lipinski definition) is 2. The zero-order valence-corrected chi connectivity index (χ0v) is 13.5. The number of carbonyl (C=O) groups excluding carboxylic acids is 1. The van der Waals surface area contributed by atoms with Crippen LogP contribution in [0.4, 0.5) is 0 Å². The van der Waals surface area contributed by atoms with Crippen molar-refractivity contribution in [3.63, 3.8) is 0 Å². The number of ketones is 1. The van der Waals surface area contributed by atoms with E-state index in [4.69, 9.17) is 16.3 Å². The highest BCUT2D eigenvalue weighted by molar-refractivity contribution is 6.30. The van der Waals surface area contributed by atoms with Crippen molar-refractivity contribution < 1.29 is 9.53 Å². The molecule has 2 nitrogen and oxygen atoms in total. The Bertz CT molecular complexity index is 667. The van der Waals surface area contributed by atoms with Gasteiger partial charge in [0, 0.05) is 10.6 Å². The smallest absolute Gasteiger partial charge is 0.200 e. The molecule has 0 radical (unpaired) electrons. The Kier molecular flexibility index (Phi) is 4.69. The molecule has 0 fully saturated rings. The summed E-state index contributed by atoms with van der Waals surface area (Å²) in [6.07, 6.45) is 0. The minimum atomic E-state index is -0.00984. The highest BCUT2D eigenvalue weighted by atomic mass is 35.5. The normalized spacial score (nSPS) is 10.5. The van der Waals surface area contributed by atoms with Gasteiger partial charge in [0.05, 0.1) is 0 Å². The molecule has 0 amide bonds. The Balaban J connectivity index is 2.18. The summed E-state index contributed by atoms with van der Waals surface area (Å²) in [6.45, 7) is 7.89.